The second-order valence-corrected chi connectivity index (χ2v) is 6.08. The summed E-state index contributed by atoms with van der Waals surface area (Å²) in [5.41, 5.74) is 1.68. The predicted molar refractivity (Wildman–Crippen MR) is 111 cm³/mol. The van der Waals surface area contributed by atoms with Crippen LogP contribution in [0.4, 0.5) is 17.2 Å². The van der Waals surface area contributed by atoms with Gasteiger partial charge < -0.3 is 20.1 Å². The molecular formula is C22H21N3O4. The Labute approximate surface area is 168 Å². The normalized spacial score (nSPS) is 10.1. The molecule has 0 aliphatic heterocycles. The molecule has 29 heavy (non-hydrogen) atoms. The summed E-state index contributed by atoms with van der Waals surface area (Å²) in [6, 6.07) is 17.2. The summed E-state index contributed by atoms with van der Waals surface area (Å²) in [5, 5.41) is 5.78. The summed E-state index contributed by atoms with van der Waals surface area (Å²) in [4.78, 5) is 28.0. The number of aromatic nitrogens is 1. The summed E-state index contributed by atoms with van der Waals surface area (Å²) in [5.74, 6) is 0.798. The van der Waals surface area contributed by atoms with Gasteiger partial charge in [-0.15, -0.1) is 0 Å². The molecule has 0 spiro atoms. The third kappa shape index (κ3) is 5.55. The first-order valence-electron chi connectivity index (χ1n) is 9.10. The number of esters is 1. The van der Waals surface area contributed by atoms with E-state index in [1.165, 1.54) is 6.92 Å². The monoisotopic (exact) mass is 391 g/mol. The van der Waals surface area contributed by atoms with Crippen molar-refractivity contribution in [3.05, 3.63) is 72.4 Å². The lowest BCUT2D eigenvalue weighted by Crippen LogP contribution is -2.12. The van der Waals surface area contributed by atoms with E-state index in [9.17, 15) is 9.59 Å². The number of anilines is 3. The molecule has 0 saturated heterocycles. The highest BCUT2D eigenvalue weighted by Crippen LogP contribution is 2.23. The van der Waals surface area contributed by atoms with E-state index in [2.05, 4.69) is 15.6 Å². The van der Waals surface area contributed by atoms with Crippen molar-refractivity contribution in [2.24, 2.45) is 0 Å². The van der Waals surface area contributed by atoms with E-state index < -0.39 is 5.97 Å². The molecule has 0 aliphatic carbocycles. The summed E-state index contributed by atoms with van der Waals surface area (Å²) in [6.07, 6.45) is 1.59. The van der Waals surface area contributed by atoms with Gasteiger partial charge in [-0.3, -0.25) is 4.79 Å². The van der Waals surface area contributed by atoms with Crippen molar-refractivity contribution in [2.45, 2.75) is 13.8 Å². The van der Waals surface area contributed by atoms with Crippen molar-refractivity contribution in [3.8, 4) is 11.5 Å². The average molecular weight is 391 g/mol. The van der Waals surface area contributed by atoms with Gasteiger partial charge in [-0.25, -0.2) is 9.78 Å². The van der Waals surface area contributed by atoms with Crippen LogP contribution in [-0.4, -0.2) is 23.5 Å². The molecule has 2 N–H and O–H groups in total. The Morgan fingerprint density at radius 1 is 0.931 bits per heavy atom. The van der Waals surface area contributed by atoms with Crippen LogP contribution in [-0.2, 0) is 4.79 Å². The summed E-state index contributed by atoms with van der Waals surface area (Å²) in [6.45, 7) is 3.94. The third-order valence-electron chi connectivity index (χ3n) is 3.84. The third-order valence-corrected chi connectivity index (χ3v) is 3.84. The molecule has 0 saturated carbocycles. The fraction of sp³-hybridized carbons (Fsp3) is 0.136. The van der Waals surface area contributed by atoms with Gasteiger partial charge >= 0.3 is 5.97 Å². The fourth-order valence-corrected chi connectivity index (χ4v) is 2.58. The standard InChI is InChI=1S/C22H21N3O4/c1-3-28-18-10-6-17(7-11-18)25-21-20(5-4-14-23-21)22(27)29-19-12-8-16(9-13-19)24-15(2)26/h4-14H,3H2,1-2H3,(H,23,25)(H,24,26). The van der Waals surface area contributed by atoms with E-state index in [-0.39, 0.29) is 5.91 Å². The summed E-state index contributed by atoms with van der Waals surface area (Å²) < 4.78 is 10.9. The molecule has 1 amide bonds. The molecule has 0 fully saturated rings. The zero-order valence-electron chi connectivity index (χ0n) is 16.1. The second kappa shape index (κ2) is 9.36. The topological polar surface area (TPSA) is 89.6 Å². The number of nitrogens with zero attached hydrogens (tertiary/aromatic N) is 1. The van der Waals surface area contributed by atoms with Crippen LogP contribution in [0.2, 0.25) is 0 Å². The summed E-state index contributed by atoms with van der Waals surface area (Å²) in [7, 11) is 0. The van der Waals surface area contributed by atoms with E-state index >= 15 is 0 Å². The average Bonchev–Trinajstić information content (AvgIpc) is 2.71. The SMILES string of the molecule is CCOc1ccc(Nc2ncccc2C(=O)Oc2ccc(NC(C)=O)cc2)cc1. The molecule has 0 bridgehead atoms. The Morgan fingerprint density at radius 3 is 2.24 bits per heavy atom. The maximum absolute atomic E-state index is 12.6. The van der Waals surface area contributed by atoms with Gasteiger partial charge in [0, 0.05) is 24.5 Å². The molecule has 2 aromatic carbocycles. The summed E-state index contributed by atoms with van der Waals surface area (Å²) >= 11 is 0. The molecule has 148 valence electrons. The van der Waals surface area contributed by atoms with Gasteiger partial charge in [-0.05, 0) is 67.6 Å². The smallest absolute Gasteiger partial charge is 0.347 e. The van der Waals surface area contributed by atoms with Crippen LogP contribution in [0, 0.1) is 0 Å². The number of amides is 1. The molecule has 0 aliphatic rings. The Bertz CT molecular complexity index is 986. The number of hydrogen-bond acceptors (Lipinski definition) is 6. The van der Waals surface area contributed by atoms with E-state index in [1.807, 2.05) is 31.2 Å². The van der Waals surface area contributed by atoms with Crippen LogP contribution in [0.3, 0.4) is 0 Å². The van der Waals surface area contributed by atoms with Gasteiger partial charge in [0.1, 0.15) is 22.9 Å². The fourth-order valence-electron chi connectivity index (χ4n) is 2.58. The minimum Gasteiger partial charge on any atom is -0.494 e. The zero-order chi connectivity index (χ0) is 20.6. The number of rotatable bonds is 7. The Balaban J connectivity index is 1.72. The predicted octanol–water partition coefficient (Wildman–Crippen LogP) is 4.40. The lowest BCUT2D eigenvalue weighted by molar-refractivity contribution is -0.114. The van der Waals surface area contributed by atoms with E-state index in [4.69, 9.17) is 9.47 Å². The van der Waals surface area contributed by atoms with Crippen molar-refractivity contribution in [1.82, 2.24) is 4.98 Å². The van der Waals surface area contributed by atoms with Gasteiger partial charge in [0.15, 0.2) is 0 Å². The lowest BCUT2D eigenvalue weighted by atomic mass is 10.2. The minimum atomic E-state index is -0.543. The molecule has 7 nitrogen and oxygen atoms in total. The van der Waals surface area contributed by atoms with Gasteiger partial charge in [0.25, 0.3) is 0 Å². The number of hydrogen-bond donors (Lipinski definition) is 2. The van der Waals surface area contributed by atoms with Gasteiger partial charge in [-0.1, -0.05) is 0 Å². The Morgan fingerprint density at radius 2 is 1.59 bits per heavy atom. The zero-order valence-corrected chi connectivity index (χ0v) is 16.1. The second-order valence-electron chi connectivity index (χ2n) is 6.08. The number of nitrogens with one attached hydrogen (secondary N) is 2. The highest BCUT2D eigenvalue weighted by atomic mass is 16.5. The van der Waals surface area contributed by atoms with E-state index in [0.717, 1.165) is 11.4 Å². The lowest BCUT2D eigenvalue weighted by Gasteiger charge is -2.11. The van der Waals surface area contributed by atoms with Gasteiger partial charge in [0.2, 0.25) is 5.91 Å². The van der Waals surface area contributed by atoms with Crippen LogP contribution in [0.5, 0.6) is 11.5 Å². The molecular weight excluding hydrogens is 370 g/mol. The molecule has 3 aromatic rings. The number of carbonyl (C=O) groups excluding carboxylic acids is 2. The highest BCUT2D eigenvalue weighted by molar-refractivity contribution is 5.96. The maximum atomic E-state index is 12.6. The first kappa shape index (κ1) is 19.9. The molecule has 7 heteroatoms. The largest absolute Gasteiger partial charge is 0.494 e. The van der Waals surface area contributed by atoms with E-state index in [0.29, 0.717) is 29.4 Å². The number of carbonyl (C=O) groups is 2. The molecule has 1 aromatic heterocycles. The minimum absolute atomic E-state index is 0.171. The number of pyridine rings is 1. The molecule has 0 radical (unpaired) electrons. The molecule has 1 heterocycles. The molecule has 3 rings (SSSR count). The van der Waals surface area contributed by atoms with Crippen LogP contribution in [0.25, 0.3) is 0 Å². The maximum Gasteiger partial charge on any atom is 0.347 e. The number of benzene rings is 2. The van der Waals surface area contributed by atoms with E-state index in [1.54, 1.807) is 42.6 Å². The van der Waals surface area contributed by atoms with Crippen molar-refractivity contribution in [1.29, 1.82) is 0 Å². The van der Waals surface area contributed by atoms with Crippen LogP contribution < -0.4 is 20.1 Å². The Hall–Kier alpha value is -3.87. The van der Waals surface area contributed by atoms with Crippen molar-refractivity contribution >= 4 is 29.1 Å². The number of ether oxygens (including phenoxy) is 2. The quantitative estimate of drug-likeness (QED) is 0.458. The first-order valence-corrected chi connectivity index (χ1v) is 9.10. The molecule has 0 atom stereocenters. The van der Waals surface area contributed by atoms with Crippen molar-refractivity contribution in [2.75, 3.05) is 17.2 Å². The van der Waals surface area contributed by atoms with Gasteiger partial charge in [0.05, 0.1) is 6.61 Å². The van der Waals surface area contributed by atoms with Crippen LogP contribution in [0.15, 0.2) is 66.9 Å². The highest BCUT2D eigenvalue weighted by Gasteiger charge is 2.15. The van der Waals surface area contributed by atoms with Gasteiger partial charge in [-0.2, -0.15) is 0 Å². The van der Waals surface area contributed by atoms with Crippen LogP contribution >= 0.6 is 0 Å². The first-order chi connectivity index (χ1) is 14.0. The molecule has 0 unspecified atom stereocenters. The van der Waals surface area contributed by atoms with Crippen molar-refractivity contribution < 1.29 is 19.1 Å². The van der Waals surface area contributed by atoms with Crippen LogP contribution in [0.1, 0.15) is 24.2 Å². The Kier molecular flexibility index (Phi) is 6.42. The van der Waals surface area contributed by atoms with Crippen molar-refractivity contribution in [3.63, 3.8) is 0 Å².